The van der Waals surface area contributed by atoms with Crippen molar-refractivity contribution in [2.45, 2.75) is 51.1 Å². The first kappa shape index (κ1) is 10.4. The minimum Gasteiger partial charge on any atom is -0.319 e. The summed E-state index contributed by atoms with van der Waals surface area (Å²) >= 11 is 0. The first-order valence-corrected chi connectivity index (χ1v) is 6.05. The first-order valence-electron chi connectivity index (χ1n) is 6.05. The topological polar surface area (TPSA) is 15.3 Å². The number of likely N-dealkylation sites (tertiary alicyclic amines) is 1. The molecule has 1 atom stereocenters. The van der Waals surface area contributed by atoms with E-state index in [1.807, 2.05) is 0 Å². The molecule has 0 aromatic rings. The van der Waals surface area contributed by atoms with Crippen LogP contribution in [0.4, 0.5) is 0 Å². The lowest BCUT2D eigenvalue weighted by atomic mass is 9.82. The van der Waals surface area contributed by atoms with Crippen molar-refractivity contribution in [3.05, 3.63) is 0 Å². The van der Waals surface area contributed by atoms with Crippen LogP contribution in [0.2, 0.25) is 0 Å². The normalized spacial score (nSPS) is 33.2. The molecule has 0 bridgehead atoms. The van der Waals surface area contributed by atoms with Crippen LogP contribution in [0.5, 0.6) is 0 Å². The van der Waals surface area contributed by atoms with Crippen LogP contribution in [0, 0.1) is 5.92 Å². The Labute approximate surface area is 88.1 Å². The lowest BCUT2D eigenvalue weighted by Crippen LogP contribution is -2.52. The molecule has 1 saturated heterocycles. The van der Waals surface area contributed by atoms with E-state index in [4.69, 9.17) is 0 Å². The van der Waals surface area contributed by atoms with Crippen molar-refractivity contribution in [3.63, 3.8) is 0 Å². The molecule has 1 heterocycles. The summed E-state index contributed by atoms with van der Waals surface area (Å²) in [5.74, 6) is 0.894. The number of nitrogens with one attached hydrogen (secondary N) is 1. The number of piperidine rings is 1. The van der Waals surface area contributed by atoms with Gasteiger partial charge in [0.15, 0.2) is 0 Å². The van der Waals surface area contributed by atoms with Gasteiger partial charge in [-0.1, -0.05) is 0 Å². The van der Waals surface area contributed by atoms with Gasteiger partial charge in [-0.3, -0.25) is 4.90 Å². The monoisotopic (exact) mass is 196 g/mol. The van der Waals surface area contributed by atoms with Crippen LogP contribution >= 0.6 is 0 Å². The smallest absolute Gasteiger partial charge is 0.0159 e. The largest absolute Gasteiger partial charge is 0.319 e. The molecule has 0 amide bonds. The van der Waals surface area contributed by atoms with Crippen LogP contribution in [0.15, 0.2) is 0 Å². The van der Waals surface area contributed by atoms with Gasteiger partial charge in [-0.25, -0.2) is 0 Å². The van der Waals surface area contributed by atoms with Crippen LogP contribution in [0.25, 0.3) is 0 Å². The molecule has 0 radical (unpaired) electrons. The molecule has 1 aliphatic heterocycles. The summed E-state index contributed by atoms with van der Waals surface area (Å²) in [6.07, 6.45) is 5.64. The summed E-state index contributed by atoms with van der Waals surface area (Å²) in [5.41, 5.74) is 0.445. The molecule has 0 spiro atoms. The number of hydrogen-bond acceptors (Lipinski definition) is 2. The highest BCUT2D eigenvalue weighted by Gasteiger charge is 2.41. The van der Waals surface area contributed by atoms with E-state index in [1.54, 1.807) is 0 Å². The maximum Gasteiger partial charge on any atom is 0.0159 e. The van der Waals surface area contributed by atoms with Crippen molar-refractivity contribution in [3.8, 4) is 0 Å². The van der Waals surface area contributed by atoms with Crippen LogP contribution < -0.4 is 5.32 Å². The van der Waals surface area contributed by atoms with Crippen molar-refractivity contribution in [1.29, 1.82) is 0 Å². The quantitative estimate of drug-likeness (QED) is 0.741. The van der Waals surface area contributed by atoms with Crippen LogP contribution in [0.1, 0.15) is 39.5 Å². The van der Waals surface area contributed by atoms with Crippen molar-refractivity contribution in [2.24, 2.45) is 5.92 Å². The van der Waals surface area contributed by atoms with Crippen molar-refractivity contribution in [2.75, 3.05) is 20.1 Å². The predicted octanol–water partition coefficient (Wildman–Crippen LogP) is 1.86. The zero-order chi connectivity index (χ0) is 10.2. The Morgan fingerprint density at radius 2 is 2.00 bits per heavy atom. The van der Waals surface area contributed by atoms with Gasteiger partial charge in [-0.2, -0.15) is 0 Å². The van der Waals surface area contributed by atoms with Crippen LogP contribution in [-0.4, -0.2) is 36.6 Å². The fourth-order valence-corrected chi connectivity index (χ4v) is 3.08. The molecule has 2 aliphatic rings. The van der Waals surface area contributed by atoms with Gasteiger partial charge in [-0.15, -0.1) is 0 Å². The summed E-state index contributed by atoms with van der Waals surface area (Å²) in [7, 11) is 2.07. The average Bonchev–Trinajstić information content (AvgIpc) is 2.86. The lowest BCUT2D eigenvalue weighted by molar-refractivity contribution is 0.0398. The van der Waals surface area contributed by atoms with E-state index < -0.39 is 0 Å². The van der Waals surface area contributed by atoms with E-state index in [2.05, 4.69) is 31.1 Å². The molecule has 1 N–H and O–H groups in total. The van der Waals surface area contributed by atoms with Crippen molar-refractivity contribution < 1.29 is 0 Å². The Hall–Kier alpha value is -0.0800. The summed E-state index contributed by atoms with van der Waals surface area (Å²) < 4.78 is 0. The second-order valence-electron chi connectivity index (χ2n) is 5.65. The molecular formula is C12H24N2. The molecule has 1 saturated carbocycles. The number of hydrogen-bond donors (Lipinski definition) is 1. The van der Waals surface area contributed by atoms with E-state index in [-0.39, 0.29) is 0 Å². The Morgan fingerprint density at radius 3 is 2.50 bits per heavy atom. The molecule has 1 unspecified atom stereocenters. The minimum absolute atomic E-state index is 0.445. The summed E-state index contributed by atoms with van der Waals surface area (Å²) in [6.45, 7) is 7.37. The van der Waals surface area contributed by atoms with E-state index in [0.717, 1.165) is 12.0 Å². The fourth-order valence-electron chi connectivity index (χ4n) is 3.08. The Morgan fingerprint density at radius 1 is 1.29 bits per heavy atom. The molecular weight excluding hydrogens is 172 g/mol. The molecule has 0 aromatic heterocycles. The molecule has 1 aliphatic carbocycles. The number of nitrogens with zero attached hydrogens (tertiary/aromatic N) is 1. The lowest BCUT2D eigenvalue weighted by Gasteiger charge is -2.46. The zero-order valence-corrected chi connectivity index (χ0v) is 9.84. The van der Waals surface area contributed by atoms with Gasteiger partial charge in [0, 0.05) is 11.6 Å². The molecule has 82 valence electrons. The molecule has 2 heteroatoms. The van der Waals surface area contributed by atoms with Gasteiger partial charge in [0.25, 0.3) is 0 Å². The van der Waals surface area contributed by atoms with Gasteiger partial charge in [0.05, 0.1) is 0 Å². The molecule has 2 nitrogen and oxygen atoms in total. The standard InChI is InChI=1S/C12H24N2/c1-12(2)8-10(9-13-3)6-7-14(12)11-4-5-11/h10-11,13H,4-9H2,1-3H3. The zero-order valence-electron chi connectivity index (χ0n) is 9.84. The second kappa shape index (κ2) is 3.82. The summed E-state index contributed by atoms with van der Waals surface area (Å²) in [6, 6.07) is 0.931. The average molecular weight is 196 g/mol. The van der Waals surface area contributed by atoms with Gasteiger partial charge < -0.3 is 5.32 Å². The Bertz CT molecular complexity index is 196. The van der Waals surface area contributed by atoms with E-state index in [9.17, 15) is 0 Å². The summed E-state index contributed by atoms with van der Waals surface area (Å²) in [5, 5.41) is 3.32. The Kier molecular flexibility index (Phi) is 2.85. The third-order valence-electron chi connectivity index (χ3n) is 3.82. The van der Waals surface area contributed by atoms with Crippen molar-refractivity contribution >= 4 is 0 Å². The maximum atomic E-state index is 3.32. The van der Waals surface area contributed by atoms with Crippen LogP contribution in [0.3, 0.4) is 0 Å². The molecule has 14 heavy (non-hydrogen) atoms. The molecule has 2 rings (SSSR count). The minimum atomic E-state index is 0.445. The van der Waals surface area contributed by atoms with E-state index >= 15 is 0 Å². The fraction of sp³-hybridized carbons (Fsp3) is 1.00. The molecule has 0 aromatic carbocycles. The highest BCUT2D eigenvalue weighted by Crippen LogP contribution is 2.39. The Balaban J connectivity index is 1.93. The van der Waals surface area contributed by atoms with E-state index in [1.165, 1.54) is 38.8 Å². The predicted molar refractivity (Wildman–Crippen MR) is 60.5 cm³/mol. The second-order valence-corrected chi connectivity index (χ2v) is 5.65. The number of rotatable bonds is 3. The van der Waals surface area contributed by atoms with Crippen LogP contribution in [-0.2, 0) is 0 Å². The van der Waals surface area contributed by atoms with Gasteiger partial charge >= 0.3 is 0 Å². The highest BCUT2D eigenvalue weighted by molar-refractivity contribution is 4.97. The van der Waals surface area contributed by atoms with Crippen molar-refractivity contribution in [1.82, 2.24) is 10.2 Å². The first-order chi connectivity index (χ1) is 6.63. The van der Waals surface area contributed by atoms with Gasteiger partial charge in [0.1, 0.15) is 0 Å². The SMILES string of the molecule is CNCC1CCN(C2CC2)C(C)(C)C1. The van der Waals surface area contributed by atoms with Gasteiger partial charge in [0.2, 0.25) is 0 Å². The third kappa shape index (κ3) is 2.12. The maximum absolute atomic E-state index is 3.32. The van der Waals surface area contributed by atoms with Gasteiger partial charge in [-0.05, 0) is 65.6 Å². The third-order valence-corrected chi connectivity index (χ3v) is 3.82. The van der Waals surface area contributed by atoms with E-state index in [0.29, 0.717) is 5.54 Å². The highest BCUT2D eigenvalue weighted by atomic mass is 15.2. The molecule has 2 fully saturated rings. The summed E-state index contributed by atoms with van der Waals surface area (Å²) in [4.78, 5) is 2.75.